The van der Waals surface area contributed by atoms with Crippen LogP contribution in [0.1, 0.15) is 13.3 Å². The number of hydrogen-bond acceptors (Lipinski definition) is 3. The highest BCUT2D eigenvalue weighted by molar-refractivity contribution is 6.42. The van der Waals surface area contributed by atoms with E-state index in [1.807, 2.05) is 4.90 Å². The van der Waals surface area contributed by atoms with Gasteiger partial charge in [0.15, 0.2) is 0 Å². The predicted octanol–water partition coefficient (Wildman–Crippen LogP) is 2.73. The molecule has 5 nitrogen and oxygen atoms in total. The first-order chi connectivity index (χ1) is 9.80. The number of nitrogens with one attached hydrogen (secondary N) is 1. The minimum atomic E-state index is -0.824. The Balaban J connectivity index is 1.91. The van der Waals surface area contributed by atoms with Gasteiger partial charge in [0.05, 0.1) is 22.0 Å². The van der Waals surface area contributed by atoms with Gasteiger partial charge in [0, 0.05) is 12.2 Å². The number of benzene rings is 1. The van der Waals surface area contributed by atoms with Crippen LogP contribution in [0.5, 0.6) is 0 Å². The number of rotatable bonds is 4. The Labute approximate surface area is 132 Å². The van der Waals surface area contributed by atoms with E-state index in [9.17, 15) is 9.59 Å². The fourth-order valence-electron chi connectivity index (χ4n) is 2.34. The van der Waals surface area contributed by atoms with Gasteiger partial charge in [0.25, 0.3) is 0 Å². The molecule has 2 N–H and O–H groups in total. The predicted molar refractivity (Wildman–Crippen MR) is 81.9 cm³/mol. The highest BCUT2D eigenvalue weighted by Crippen LogP contribution is 2.30. The average Bonchev–Trinajstić information content (AvgIpc) is 2.77. The Morgan fingerprint density at radius 3 is 2.67 bits per heavy atom. The number of nitrogens with zero attached hydrogens (tertiary/aromatic N) is 1. The molecule has 1 aliphatic rings. The van der Waals surface area contributed by atoms with Crippen molar-refractivity contribution >= 4 is 40.8 Å². The molecular formula is C14H16Cl2N2O3. The van der Waals surface area contributed by atoms with Gasteiger partial charge in [-0.2, -0.15) is 0 Å². The van der Waals surface area contributed by atoms with Gasteiger partial charge < -0.3 is 10.4 Å². The summed E-state index contributed by atoms with van der Waals surface area (Å²) in [5, 5.41) is 12.7. The van der Waals surface area contributed by atoms with Crippen LogP contribution in [-0.4, -0.2) is 41.5 Å². The van der Waals surface area contributed by atoms with Crippen LogP contribution in [0.2, 0.25) is 10.0 Å². The summed E-state index contributed by atoms with van der Waals surface area (Å²) in [5.74, 6) is -1.03. The zero-order chi connectivity index (χ0) is 15.6. The number of aliphatic carboxylic acids is 1. The molecule has 1 atom stereocenters. The Hall–Kier alpha value is -1.30. The molecule has 1 fully saturated rings. The monoisotopic (exact) mass is 330 g/mol. The average molecular weight is 331 g/mol. The third-order valence-corrected chi connectivity index (χ3v) is 4.38. The fraction of sp³-hybridized carbons (Fsp3) is 0.429. The lowest BCUT2D eigenvalue weighted by molar-refractivity contribution is -0.147. The van der Waals surface area contributed by atoms with Crippen LogP contribution in [0.15, 0.2) is 18.2 Å². The van der Waals surface area contributed by atoms with E-state index in [0.29, 0.717) is 35.2 Å². The van der Waals surface area contributed by atoms with Crippen molar-refractivity contribution in [1.82, 2.24) is 4.90 Å². The van der Waals surface area contributed by atoms with E-state index >= 15 is 0 Å². The molecule has 1 aliphatic heterocycles. The number of likely N-dealkylation sites (tertiary alicyclic amines) is 1. The van der Waals surface area contributed by atoms with Gasteiger partial charge in [-0.1, -0.05) is 23.2 Å². The first-order valence-electron chi connectivity index (χ1n) is 6.51. The molecule has 21 heavy (non-hydrogen) atoms. The van der Waals surface area contributed by atoms with Crippen LogP contribution in [0.3, 0.4) is 0 Å². The third-order valence-electron chi connectivity index (χ3n) is 3.64. The molecule has 0 radical (unpaired) electrons. The number of carbonyl (C=O) groups is 2. The molecule has 1 heterocycles. The van der Waals surface area contributed by atoms with E-state index in [1.165, 1.54) is 0 Å². The number of carboxylic acid groups (broad SMARTS) is 1. The van der Waals surface area contributed by atoms with Crippen LogP contribution in [-0.2, 0) is 9.59 Å². The molecule has 1 aromatic carbocycles. The highest BCUT2D eigenvalue weighted by atomic mass is 35.5. The van der Waals surface area contributed by atoms with Crippen LogP contribution in [0.4, 0.5) is 5.69 Å². The molecule has 2 rings (SSSR count). The van der Waals surface area contributed by atoms with Crippen molar-refractivity contribution in [3.63, 3.8) is 0 Å². The van der Waals surface area contributed by atoms with E-state index in [0.717, 1.165) is 0 Å². The molecule has 1 saturated heterocycles. The first-order valence-corrected chi connectivity index (χ1v) is 7.26. The number of carbonyl (C=O) groups excluding carboxylic acids is 1. The Kier molecular flexibility index (Phi) is 4.76. The van der Waals surface area contributed by atoms with Gasteiger partial charge in [-0.3, -0.25) is 14.5 Å². The van der Waals surface area contributed by atoms with E-state index in [2.05, 4.69) is 5.32 Å². The summed E-state index contributed by atoms with van der Waals surface area (Å²) >= 11 is 11.7. The van der Waals surface area contributed by atoms with E-state index < -0.39 is 11.4 Å². The zero-order valence-corrected chi connectivity index (χ0v) is 13.0. The second-order valence-electron chi connectivity index (χ2n) is 5.50. The summed E-state index contributed by atoms with van der Waals surface area (Å²) < 4.78 is 0. The molecule has 0 aromatic heterocycles. The Morgan fingerprint density at radius 1 is 1.38 bits per heavy atom. The second kappa shape index (κ2) is 6.22. The highest BCUT2D eigenvalue weighted by Gasteiger charge is 2.40. The number of anilines is 1. The molecule has 1 aromatic rings. The normalized spacial score (nSPS) is 22.2. The summed E-state index contributed by atoms with van der Waals surface area (Å²) in [5.41, 5.74) is -0.210. The lowest BCUT2D eigenvalue weighted by Crippen LogP contribution is -2.35. The summed E-state index contributed by atoms with van der Waals surface area (Å²) in [7, 11) is 0. The number of carboxylic acids is 1. The van der Waals surface area contributed by atoms with E-state index in [1.54, 1.807) is 25.1 Å². The molecule has 0 spiro atoms. The van der Waals surface area contributed by atoms with Crippen molar-refractivity contribution < 1.29 is 14.7 Å². The number of halogens is 2. The van der Waals surface area contributed by atoms with Gasteiger partial charge in [-0.05, 0) is 38.1 Å². The number of hydrogen-bond donors (Lipinski definition) is 2. The molecule has 7 heteroatoms. The summed E-state index contributed by atoms with van der Waals surface area (Å²) in [6.07, 6.45) is 0.544. The van der Waals surface area contributed by atoms with Crippen molar-refractivity contribution in [2.45, 2.75) is 13.3 Å². The topological polar surface area (TPSA) is 69.6 Å². The third kappa shape index (κ3) is 3.87. The van der Waals surface area contributed by atoms with Crippen LogP contribution in [0.25, 0.3) is 0 Å². The maximum absolute atomic E-state index is 12.0. The molecule has 114 valence electrons. The molecular weight excluding hydrogens is 315 g/mol. The largest absolute Gasteiger partial charge is 0.481 e. The van der Waals surface area contributed by atoms with Gasteiger partial charge in [-0.25, -0.2) is 0 Å². The molecule has 0 bridgehead atoms. The fourth-order valence-corrected chi connectivity index (χ4v) is 2.64. The van der Waals surface area contributed by atoms with Crippen molar-refractivity contribution in [1.29, 1.82) is 0 Å². The number of amides is 1. The SMILES string of the molecule is CC1(C(=O)O)CCN(CC(=O)Nc2ccc(Cl)c(Cl)c2)C1. The van der Waals surface area contributed by atoms with Crippen molar-refractivity contribution in [3.05, 3.63) is 28.2 Å². The summed E-state index contributed by atoms with van der Waals surface area (Å²) in [4.78, 5) is 25.0. The maximum Gasteiger partial charge on any atom is 0.310 e. The van der Waals surface area contributed by atoms with E-state index in [-0.39, 0.29) is 12.5 Å². The first kappa shape index (κ1) is 16.1. The van der Waals surface area contributed by atoms with E-state index in [4.69, 9.17) is 28.3 Å². The zero-order valence-electron chi connectivity index (χ0n) is 11.5. The molecule has 1 amide bonds. The van der Waals surface area contributed by atoms with Gasteiger partial charge in [-0.15, -0.1) is 0 Å². The minimum Gasteiger partial charge on any atom is -0.481 e. The quantitative estimate of drug-likeness (QED) is 0.890. The lowest BCUT2D eigenvalue weighted by Gasteiger charge is -2.19. The Bertz CT molecular complexity index is 579. The minimum absolute atomic E-state index is 0.156. The van der Waals surface area contributed by atoms with Crippen LogP contribution >= 0.6 is 23.2 Å². The van der Waals surface area contributed by atoms with Crippen LogP contribution < -0.4 is 5.32 Å². The van der Waals surface area contributed by atoms with Gasteiger partial charge in [0.2, 0.25) is 5.91 Å². The summed E-state index contributed by atoms with van der Waals surface area (Å²) in [6.45, 7) is 2.82. The van der Waals surface area contributed by atoms with Crippen molar-refractivity contribution in [2.24, 2.45) is 5.41 Å². The lowest BCUT2D eigenvalue weighted by atomic mass is 9.90. The van der Waals surface area contributed by atoms with Crippen molar-refractivity contribution in [3.8, 4) is 0 Å². The summed E-state index contributed by atoms with van der Waals surface area (Å²) in [6, 6.07) is 4.85. The maximum atomic E-state index is 12.0. The molecule has 0 saturated carbocycles. The van der Waals surface area contributed by atoms with Crippen molar-refractivity contribution in [2.75, 3.05) is 25.0 Å². The van der Waals surface area contributed by atoms with Crippen LogP contribution in [0, 0.1) is 5.41 Å². The molecule has 0 aliphatic carbocycles. The smallest absolute Gasteiger partial charge is 0.310 e. The van der Waals surface area contributed by atoms with Gasteiger partial charge >= 0.3 is 5.97 Å². The Morgan fingerprint density at radius 2 is 2.10 bits per heavy atom. The second-order valence-corrected chi connectivity index (χ2v) is 6.32. The standard InChI is InChI=1S/C14H16Cl2N2O3/c1-14(13(20)21)4-5-18(8-14)7-12(19)17-9-2-3-10(15)11(16)6-9/h2-3,6H,4-5,7-8H2,1H3,(H,17,19)(H,20,21). The molecule has 1 unspecified atom stereocenters. The van der Waals surface area contributed by atoms with Gasteiger partial charge in [0.1, 0.15) is 0 Å².